The van der Waals surface area contributed by atoms with Gasteiger partial charge >= 0.3 is 6.18 Å². The minimum Gasteiger partial charge on any atom is -0.207 e. The summed E-state index contributed by atoms with van der Waals surface area (Å²) in [5.74, 6) is -4.09. The van der Waals surface area contributed by atoms with Gasteiger partial charge in [-0.15, -0.1) is 0 Å². The molecule has 0 spiro atoms. The number of alkyl halides is 3. The molecule has 0 aliphatic rings. The van der Waals surface area contributed by atoms with Crippen LogP contribution < -0.4 is 0 Å². The highest BCUT2D eigenvalue weighted by Gasteiger charge is 2.37. The van der Waals surface area contributed by atoms with E-state index in [-0.39, 0.29) is 29.8 Å². The summed E-state index contributed by atoms with van der Waals surface area (Å²) < 4.78 is 95.7. The van der Waals surface area contributed by atoms with Crippen LogP contribution in [0.3, 0.4) is 0 Å². The molecule has 38 heavy (non-hydrogen) atoms. The van der Waals surface area contributed by atoms with Crippen LogP contribution in [0.15, 0.2) is 60.7 Å². The van der Waals surface area contributed by atoms with E-state index in [9.17, 15) is 26.3 Å². The van der Waals surface area contributed by atoms with Gasteiger partial charge in [-0.1, -0.05) is 55.8 Å². The molecule has 0 heterocycles. The normalized spacial score (nSPS) is 11.9. The van der Waals surface area contributed by atoms with Gasteiger partial charge in [0.15, 0.2) is 0 Å². The quantitative estimate of drug-likeness (QED) is 0.189. The van der Waals surface area contributed by atoms with Gasteiger partial charge in [0.05, 0.1) is 0 Å². The van der Waals surface area contributed by atoms with Crippen molar-refractivity contribution in [3.63, 3.8) is 0 Å². The Hall–Kier alpha value is -3.35. The van der Waals surface area contributed by atoms with Crippen LogP contribution in [0, 0.1) is 23.3 Å². The molecule has 0 radical (unpaired) electrons. The average molecular weight is 533 g/mol. The molecule has 0 unspecified atom stereocenters. The number of benzene rings is 4. The number of rotatable bonds is 9. The number of hydrogen-bond acceptors (Lipinski definition) is 0. The van der Waals surface area contributed by atoms with Crippen LogP contribution in [-0.2, 0) is 38.3 Å². The summed E-state index contributed by atoms with van der Waals surface area (Å²) >= 11 is 0. The third-order valence-electron chi connectivity index (χ3n) is 6.79. The smallest absolute Gasteiger partial charge is 0.207 e. The summed E-state index contributed by atoms with van der Waals surface area (Å²) in [4.78, 5) is 0. The molecule has 0 aliphatic carbocycles. The molecule has 4 aromatic carbocycles. The van der Waals surface area contributed by atoms with Gasteiger partial charge < -0.3 is 0 Å². The van der Waals surface area contributed by atoms with Crippen LogP contribution in [0.1, 0.15) is 53.1 Å². The van der Waals surface area contributed by atoms with Crippen molar-refractivity contribution in [2.75, 3.05) is 0 Å². The first-order chi connectivity index (χ1) is 18.1. The van der Waals surface area contributed by atoms with Gasteiger partial charge in [-0.2, -0.15) is 13.2 Å². The van der Waals surface area contributed by atoms with E-state index in [2.05, 4.69) is 6.92 Å². The lowest BCUT2D eigenvalue weighted by atomic mass is 9.96. The Balaban J connectivity index is 1.44. The highest BCUT2D eigenvalue weighted by molar-refractivity contribution is 5.84. The van der Waals surface area contributed by atoms with E-state index in [4.69, 9.17) is 0 Å². The molecule has 0 saturated carbocycles. The second kappa shape index (κ2) is 11.6. The number of halogens is 7. The zero-order valence-corrected chi connectivity index (χ0v) is 20.9. The lowest BCUT2D eigenvalue weighted by molar-refractivity contribution is -0.142. The minimum absolute atomic E-state index is 0.00785. The Morgan fingerprint density at radius 2 is 1.16 bits per heavy atom. The SMILES string of the molecule is CCCCc1ccc(CCc2ccc3c(F)c(CCc4cc(F)c(C(F)(F)F)c(F)c4)ccc3c2)c(F)c1. The molecule has 0 bridgehead atoms. The van der Waals surface area contributed by atoms with Gasteiger partial charge in [-0.3, -0.25) is 0 Å². The summed E-state index contributed by atoms with van der Waals surface area (Å²) in [6.45, 7) is 2.09. The first kappa shape index (κ1) is 27.7. The van der Waals surface area contributed by atoms with E-state index >= 15 is 4.39 Å². The average Bonchev–Trinajstić information content (AvgIpc) is 2.85. The van der Waals surface area contributed by atoms with Crippen molar-refractivity contribution in [3.8, 4) is 0 Å². The molecule has 7 heteroatoms. The summed E-state index contributed by atoms with van der Waals surface area (Å²) in [5.41, 5.74) is 0.904. The maximum atomic E-state index is 15.2. The Labute approximate surface area is 217 Å². The standard InChI is InChI=1S/C31H27F7/c1-2-3-4-19-5-9-22(26(32)16-19)10-6-20-8-14-25-24(15-20)13-12-23(30(25)35)11-7-21-17-27(33)29(28(34)18-21)31(36,37)38/h5,8-9,12-18H,2-4,6-7,10-11H2,1H3. The van der Waals surface area contributed by atoms with Crippen LogP contribution >= 0.6 is 0 Å². The molecular weight excluding hydrogens is 505 g/mol. The lowest BCUT2D eigenvalue weighted by Gasteiger charge is -2.12. The Morgan fingerprint density at radius 3 is 1.82 bits per heavy atom. The molecule has 0 saturated heterocycles. The van der Waals surface area contributed by atoms with E-state index in [0.29, 0.717) is 41.3 Å². The van der Waals surface area contributed by atoms with Crippen molar-refractivity contribution in [3.05, 3.63) is 117 Å². The zero-order chi connectivity index (χ0) is 27.4. The molecule has 0 aliphatic heterocycles. The lowest BCUT2D eigenvalue weighted by Crippen LogP contribution is -2.12. The van der Waals surface area contributed by atoms with Crippen molar-refractivity contribution >= 4 is 10.8 Å². The maximum absolute atomic E-state index is 15.2. The number of aryl methyl sites for hydroxylation is 5. The molecule has 0 atom stereocenters. The van der Waals surface area contributed by atoms with Gasteiger partial charge in [0.2, 0.25) is 0 Å². The van der Waals surface area contributed by atoms with E-state index < -0.39 is 29.2 Å². The second-order valence-corrected chi connectivity index (χ2v) is 9.56. The van der Waals surface area contributed by atoms with Crippen molar-refractivity contribution in [1.29, 1.82) is 0 Å². The summed E-state index contributed by atoms with van der Waals surface area (Å²) in [6.07, 6.45) is -1.11. The van der Waals surface area contributed by atoms with E-state index in [1.165, 1.54) is 0 Å². The predicted octanol–water partition coefficient (Wildman–Crippen LogP) is 9.33. The van der Waals surface area contributed by atoms with Gasteiger partial charge in [0.25, 0.3) is 0 Å². The fourth-order valence-electron chi connectivity index (χ4n) is 4.66. The first-order valence-corrected chi connectivity index (χ1v) is 12.6. The topological polar surface area (TPSA) is 0 Å². The van der Waals surface area contributed by atoms with Crippen LogP contribution in [0.25, 0.3) is 10.8 Å². The highest BCUT2D eigenvalue weighted by Crippen LogP contribution is 2.34. The van der Waals surface area contributed by atoms with Gasteiger partial charge in [-0.05, 0) is 89.9 Å². The molecule has 0 N–H and O–H groups in total. The molecule has 4 rings (SSSR count). The van der Waals surface area contributed by atoms with Crippen LogP contribution in [0.2, 0.25) is 0 Å². The Kier molecular flexibility index (Phi) is 8.44. The second-order valence-electron chi connectivity index (χ2n) is 9.56. The Bertz CT molecular complexity index is 1410. The fraction of sp³-hybridized carbons (Fsp3) is 0.290. The predicted molar refractivity (Wildman–Crippen MR) is 135 cm³/mol. The van der Waals surface area contributed by atoms with Crippen LogP contribution in [0.5, 0.6) is 0 Å². The van der Waals surface area contributed by atoms with Crippen LogP contribution in [-0.4, -0.2) is 0 Å². The Morgan fingerprint density at radius 1 is 0.579 bits per heavy atom. The van der Waals surface area contributed by atoms with Gasteiger partial charge in [-0.25, -0.2) is 17.6 Å². The molecule has 0 fully saturated rings. The highest BCUT2D eigenvalue weighted by atomic mass is 19.4. The van der Waals surface area contributed by atoms with E-state index in [1.54, 1.807) is 30.3 Å². The minimum atomic E-state index is -5.14. The first-order valence-electron chi connectivity index (χ1n) is 12.6. The van der Waals surface area contributed by atoms with Crippen LogP contribution in [0.4, 0.5) is 30.7 Å². The molecule has 0 nitrogen and oxygen atoms in total. The summed E-state index contributed by atoms with van der Waals surface area (Å²) in [5, 5.41) is 1.02. The van der Waals surface area contributed by atoms with E-state index in [0.717, 1.165) is 30.4 Å². The third kappa shape index (κ3) is 6.37. The molecule has 0 aromatic heterocycles. The maximum Gasteiger partial charge on any atom is 0.422 e. The molecule has 0 amide bonds. The van der Waals surface area contributed by atoms with Crippen molar-refractivity contribution < 1.29 is 30.7 Å². The summed E-state index contributed by atoms with van der Waals surface area (Å²) in [7, 11) is 0. The molecule has 4 aromatic rings. The van der Waals surface area contributed by atoms with E-state index in [1.807, 2.05) is 18.2 Å². The summed E-state index contributed by atoms with van der Waals surface area (Å²) in [6, 6.07) is 15.2. The number of hydrogen-bond donors (Lipinski definition) is 0. The fourth-order valence-corrected chi connectivity index (χ4v) is 4.66. The monoisotopic (exact) mass is 532 g/mol. The molecule has 200 valence electrons. The van der Waals surface area contributed by atoms with Crippen molar-refractivity contribution in [2.24, 2.45) is 0 Å². The number of fused-ring (bicyclic) bond motifs is 1. The zero-order valence-electron chi connectivity index (χ0n) is 20.9. The van der Waals surface area contributed by atoms with Crippen molar-refractivity contribution in [1.82, 2.24) is 0 Å². The third-order valence-corrected chi connectivity index (χ3v) is 6.79. The largest absolute Gasteiger partial charge is 0.422 e. The molecular formula is C31H27F7. The van der Waals surface area contributed by atoms with Gasteiger partial charge in [0, 0.05) is 5.39 Å². The van der Waals surface area contributed by atoms with Gasteiger partial charge in [0.1, 0.15) is 28.8 Å². The number of unbranched alkanes of at least 4 members (excludes halogenated alkanes) is 1. The van der Waals surface area contributed by atoms with Crippen molar-refractivity contribution in [2.45, 2.75) is 58.0 Å².